The van der Waals surface area contributed by atoms with Crippen LogP contribution in [0.3, 0.4) is 0 Å². The second-order valence-electron chi connectivity index (χ2n) is 9.84. The second-order valence-corrected chi connectivity index (χ2v) is 9.84. The third kappa shape index (κ3) is 6.69. The van der Waals surface area contributed by atoms with Crippen LogP contribution in [0, 0.1) is 6.92 Å². The number of carbonyl (C=O) groups is 1. The maximum Gasteiger partial charge on any atom is 0.227 e. The fourth-order valence-corrected chi connectivity index (χ4v) is 4.72. The molecule has 1 saturated carbocycles. The van der Waals surface area contributed by atoms with Crippen molar-refractivity contribution in [3.8, 4) is 11.3 Å². The summed E-state index contributed by atoms with van der Waals surface area (Å²) in [5, 5.41) is 20.4. The highest BCUT2D eigenvalue weighted by molar-refractivity contribution is 5.91. The van der Waals surface area contributed by atoms with E-state index in [2.05, 4.69) is 20.8 Å². The monoisotopic (exact) mass is 510 g/mol. The number of alkyl halides is 1. The van der Waals surface area contributed by atoms with E-state index in [0.717, 1.165) is 36.9 Å². The smallest absolute Gasteiger partial charge is 0.227 e. The van der Waals surface area contributed by atoms with Crippen LogP contribution < -0.4 is 10.6 Å². The number of hydrogen-bond acceptors (Lipinski definition) is 8. The summed E-state index contributed by atoms with van der Waals surface area (Å²) < 4.78 is 19.2. The van der Waals surface area contributed by atoms with Crippen molar-refractivity contribution >= 4 is 23.2 Å². The van der Waals surface area contributed by atoms with E-state index < -0.39 is 6.67 Å². The fraction of sp³-hybridized carbons (Fsp3) is 0.481. The molecule has 1 fully saturated rings. The Morgan fingerprint density at radius 3 is 2.65 bits per heavy atom. The maximum absolute atomic E-state index is 13.6. The van der Waals surface area contributed by atoms with Crippen LogP contribution in [0.5, 0.6) is 0 Å². The molecule has 9 nitrogen and oxygen atoms in total. The van der Waals surface area contributed by atoms with Gasteiger partial charge in [-0.25, -0.2) is 14.4 Å². The third-order valence-corrected chi connectivity index (χ3v) is 6.63. The van der Waals surface area contributed by atoms with Crippen molar-refractivity contribution in [3.63, 3.8) is 0 Å². The quantitative estimate of drug-likeness (QED) is 0.346. The van der Waals surface area contributed by atoms with Gasteiger partial charge in [-0.05, 0) is 57.6 Å². The summed E-state index contributed by atoms with van der Waals surface area (Å²) in [5.74, 6) is 1.06. The second kappa shape index (κ2) is 12.2. The van der Waals surface area contributed by atoms with Crippen molar-refractivity contribution in [2.24, 2.45) is 0 Å². The molecule has 3 aromatic rings. The van der Waals surface area contributed by atoms with Gasteiger partial charge in [0.05, 0.1) is 23.6 Å². The minimum absolute atomic E-state index is 0.153. The highest BCUT2D eigenvalue weighted by Gasteiger charge is 2.27. The number of halogens is 1. The van der Waals surface area contributed by atoms with Crippen LogP contribution in [0.4, 0.5) is 21.7 Å². The molecule has 0 atom stereocenters. The van der Waals surface area contributed by atoms with Crippen LogP contribution >= 0.6 is 0 Å². The Kier molecular flexibility index (Phi) is 8.83. The number of benzene rings is 1. The Bertz CT molecular complexity index is 1220. The van der Waals surface area contributed by atoms with Crippen molar-refractivity contribution in [3.05, 3.63) is 47.0 Å². The normalized spacial score (nSPS) is 14.2. The minimum atomic E-state index is -0.684. The lowest BCUT2D eigenvalue weighted by atomic mass is 9.84. The zero-order valence-electron chi connectivity index (χ0n) is 21.7. The van der Waals surface area contributed by atoms with E-state index in [0.29, 0.717) is 52.8 Å². The van der Waals surface area contributed by atoms with Gasteiger partial charge in [0.2, 0.25) is 11.9 Å². The number of hydrogen-bond donors (Lipinski definition) is 3. The first-order chi connectivity index (χ1) is 17.9. The third-order valence-electron chi connectivity index (χ3n) is 6.63. The fourth-order valence-electron chi connectivity index (χ4n) is 4.72. The van der Waals surface area contributed by atoms with Gasteiger partial charge in [0.25, 0.3) is 0 Å². The molecule has 0 spiro atoms. The van der Waals surface area contributed by atoms with Gasteiger partial charge in [-0.2, -0.15) is 0 Å². The summed E-state index contributed by atoms with van der Waals surface area (Å²) in [7, 11) is 3.79. The first-order valence-electron chi connectivity index (χ1n) is 12.7. The number of aliphatic hydroxyl groups is 1. The number of amides is 1. The molecule has 4 rings (SSSR count). The molecule has 0 aliphatic heterocycles. The molecular formula is C27H35FN6O3. The van der Waals surface area contributed by atoms with Crippen LogP contribution in [0.15, 0.2) is 28.9 Å². The van der Waals surface area contributed by atoms with Gasteiger partial charge in [-0.1, -0.05) is 24.4 Å². The summed E-state index contributed by atoms with van der Waals surface area (Å²) in [5.41, 5.74) is 4.25. The number of nitrogens with zero attached hydrogens (tertiary/aromatic N) is 4. The lowest BCUT2D eigenvalue weighted by Crippen LogP contribution is -2.20. The number of nitrogens with one attached hydrogen (secondary N) is 2. The van der Waals surface area contributed by atoms with Crippen LogP contribution in [0.1, 0.15) is 67.0 Å². The molecule has 1 aliphatic rings. The maximum atomic E-state index is 13.6. The van der Waals surface area contributed by atoms with Gasteiger partial charge in [-0.15, -0.1) is 0 Å². The Morgan fingerprint density at radius 1 is 1.19 bits per heavy atom. The van der Waals surface area contributed by atoms with E-state index >= 15 is 0 Å². The van der Waals surface area contributed by atoms with E-state index in [1.54, 1.807) is 24.4 Å². The molecule has 1 amide bonds. The van der Waals surface area contributed by atoms with Gasteiger partial charge in [0.15, 0.2) is 0 Å². The van der Waals surface area contributed by atoms with E-state index in [-0.39, 0.29) is 18.5 Å². The van der Waals surface area contributed by atoms with Gasteiger partial charge in [0, 0.05) is 42.0 Å². The number of carbonyl (C=O) groups excluding carboxylic acids is 1. The number of rotatable bonds is 10. The number of anilines is 3. The molecule has 0 radical (unpaired) electrons. The minimum Gasteiger partial charge on any atom is -0.392 e. The Labute approximate surface area is 216 Å². The molecule has 198 valence electrons. The zero-order chi connectivity index (χ0) is 26.4. The van der Waals surface area contributed by atoms with E-state index in [1.165, 1.54) is 6.42 Å². The number of aliphatic hydroxyl groups excluding tert-OH is 1. The molecule has 37 heavy (non-hydrogen) atoms. The van der Waals surface area contributed by atoms with Crippen molar-refractivity contribution < 1.29 is 18.8 Å². The molecule has 2 heterocycles. The lowest BCUT2D eigenvalue weighted by Gasteiger charge is -2.20. The molecule has 2 aromatic heterocycles. The average Bonchev–Trinajstić information content (AvgIpc) is 3.28. The molecule has 0 saturated heterocycles. The summed E-state index contributed by atoms with van der Waals surface area (Å²) >= 11 is 0. The molecule has 10 heteroatoms. The summed E-state index contributed by atoms with van der Waals surface area (Å²) in [6.07, 6.45) is 7.52. The predicted octanol–water partition coefficient (Wildman–Crippen LogP) is 5.08. The molecular weight excluding hydrogens is 475 g/mol. The summed E-state index contributed by atoms with van der Waals surface area (Å²) in [6, 6.07) is 4.97. The molecule has 3 N–H and O–H groups in total. The average molecular weight is 511 g/mol. The van der Waals surface area contributed by atoms with Crippen LogP contribution in [0.2, 0.25) is 0 Å². The first-order valence-corrected chi connectivity index (χ1v) is 12.7. The predicted molar refractivity (Wildman–Crippen MR) is 140 cm³/mol. The topological polar surface area (TPSA) is 116 Å². The summed E-state index contributed by atoms with van der Waals surface area (Å²) in [6.45, 7) is 1.54. The highest BCUT2D eigenvalue weighted by Crippen LogP contribution is 2.39. The van der Waals surface area contributed by atoms with Crippen molar-refractivity contribution in [1.29, 1.82) is 0 Å². The first kappa shape index (κ1) is 26.7. The Balaban J connectivity index is 1.62. The molecule has 0 bridgehead atoms. The van der Waals surface area contributed by atoms with Crippen LogP contribution in [-0.2, 0) is 18.1 Å². The van der Waals surface area contributed by atoms with Crippen LogP contribution in [-0.4, -0.2) is 51.7 Å². The number of aromatic nitrogens is 3. The number of aryl methyl sites for hydroxylation is 1. The molecule has 1 aliphatic carbocycles. The summed E-state index contributed by atoms with van der Waals surface area (Å²) in [4.78, 5) is 23.3. The van der Waals surface area contributed by atoms with Crippen molar-refractivity contribution in [1.82, 2.24) is 20.0 Å². The van der Waals surface area contributed by atoms with Gasteiger partial charge in [0.1, 0.15) is 12.4 Å². The standard InChI is InChI=1S/C27H35FN6O3/c1-17-24(26(33-37-17)19-7-5-4-6-8-19)25-20(16-35)15-29-27(32-25)31-22-12-18(14-28)11-21(13-22)30-23(36)9-10-34(2)3/h11-13,15,19,35H,4-10,14,16H2,1-3H3,(H,30,36)(H,29,31,32). The van der Waals surface area contributed by atoms with Gasteiger partial charge >= 0.3 is 0 Å². The lowest BCUT2D eigenvalue weighted by molar-refractivity contribution is -0.116. The van der Waals surface area contributed by atoms with Crippen LogP contribution in [0.25, 0.3) is 11.3 Å². The Hall–Kier alpha value is -3.37. The van der Waals surface area contributed by atoms with Gasteiger partial charge in [-0.3, -0.25) is 4.79 Å². The van der Waals surface area contributed by atoms with Gasteiger partial charge < -0.3 is 25.2 Å². The largest absolute Gasteiger partial charge is 0.392 e. The van der Waals surface area contributed by atoms with Crippen molar-refractivity contribution in [2.75, 3.05) is 31.3 Å². The zero-order valence-corrected chi connectivity index (χ0v) is 21.7. The molecule has 1 aromatic carbocycles. The highest BCUT2D eigenvalue weighted by atomic mass is 19.1. The van der Waals surface area contributed by atoms with E-state index in [9.17, 15) is 14.3 Å². The van der Waals surface area contributed by atoms with E-state index in [4.69, 9.17) is 9.51 Å². The SMILES string of the molecule is Cc1onc(C2CCCCC2)c1-c1nc(Nc2cc(CF)cc(NC(=O)CCN(C)C)c2)ncc1CO. The molecule has 0 unspecified atom stereocenters. The Morgan fingerprint density at radius 2 is 1.95 bits per heavy atom. The van der Waals surface area contributed by atoms with E-state index in [1.807, 2.05) is 25.9 Å². The van der Waals surface area contributed by atoms with Crippen molar-refractivity contribution in [2.45, 2.75) is 64.6 Å².